The van der Waals surface area contributed by atoms with Crippen LogP contribution in [0.4, 0.5) is 11.4 Å². The van der Waals surface area contributed by atoms with E-state index in [9.17, 15) is 18.3 Å². The largest absolute Gasteiger partial charge is 0.478 e. The second-order valence-corrected chi connectivity index (χ2v) is 7.66. The van der Waals surface area contributed by atoms with Gasteiger partial charge in [-0.25, -0.2) is 14.3 Å². The molecule has 146 valence electrons. The fourth-order valence-electron chi connectivity index (χ4n) is 2.66. The van der Waals surface area contributed by atoms with Gasteiger partial charge in [-0.15, -0.1) is 10.2 Å². The first kappa shape index (κ1) is 19.6. The Kier molecular flexibility index (Phi) is 4.73. The quantitative estimate of drug-likeness (QED) is 0.501. The van der Waals surface area contributed by atoms with E-state index in [4.69, 9.17) is 4.55 Å². The Balaban J connectivity index is 2.15. The minimum Gasteiger partial charge on any atom is -0.478 e. The zero-order valence-electron chi connectivity index (χ0n) is 15.5. The van der Waals surface area contributed by atoms with E-state index in [2.05, 4.69) is 20.3 Å². The third kappa shape index (κ3) is 3.37. The van der Waals surface area contributed by atoms with Crippen molar-refractivity contribution in [2.45, 2.75) is 32.6 Å². The van der Waals surface area contributed by atoms with Crippen molar-refractivity contribution in [3.63, 3.8) is 0 Å². The van der Waals surface area contributed by atoms with Gasteiger partial charge in [0.25, 0.3) is 10.1 Å². The summed E-state index contributed by atoms with van der Waals surface area (Å²) in [4.78, 5) is 15.4. The number of hydrogen-bond donors (Lipinski definition) is 2. The highest BCUT2D eigenvalue weighted by Gasteiger charge is 2.18. The molecule has 1 aromatic carbocycles. The Bertz CT molecular complexity index is 1260. The molecule has 0 amide bonds. The van der Waals surface area contributed by atoms with Gasteiger partial charge in [0.2, 0.25) is 0 Å². The van der Waals surface area contributed by atoms with Crippen molar-refractivity contribution in [2.75, 3.05) is 0 Å². The van der Waals surface area contributed by atoms with E-state index < -0.39 is 26.5 Å². The molecule has 10 nitrogen and oxygen atoms in total. The molecule has 28 heavy (non-hydrogen) atoms. The van der Waals surface area contributed by atoms with Crippen LogP contribution in [0, 0.1) is 27.7 Å². The molecule has 2 N–H and O–H groups in total. The van der Waals surface area contributed by atoms with Gasteiger partial charge in [-0.05, 0) is 51.5 Å². The molecule has 2 aromatic heterocycles. The van der Waals surface area contributed by atoms with Gasteiger partial charge in [0.05, 0.1) is 16.2 Å². The number of benzene rings is 1. The summed E-state index contributed by atoms with van der Waals surface area (Å²) in [6.45, 7) is 7.43. The summed E-state index contributed by atoms with van der Waals surface area (Å²) in [7, 11) is -4.54. The topological polar surface area (TPSA) is 147 Å². The van der Waals surface area contributed by atoms with Crippen molar-refractivity contribution < 1.29 is 22.9 Å². The molecule has 0 aliphatic carbocycles. The highest BCUT2D eigenvalue weighted by Crippen LogP contribution is 2.30. The first-order valence-corrected chi connectivity index (χ1v) is 9.54. The first-order valence-electron chi connectivity index (χ1n) is 8.10. The van der Waals surface area contributed by atoms with Crippen molar-refractivity contribution in [1.29, 1.82) is 0 Å². The molecule has 0 aliphatic heterocycles. The Morgan fingerprint density at radius 3 is 2.39 bits per heavy atom. The number of aromatic nitrogens is 3. The standard InChI is InChI=1S/C17H17N5O5S/c1-8-9(2)18-16-15(10(3)21-22(16)11(8)4)20-19-14-6-5-12(28(25,26)27)7-13(14)17(23)24/h5-7H,1-4H3,(H,23,24)(H,25,26,27)/b20-19+. The van der Waals surface area contributed by atoms with E-state index in [0.29, 0.717) is 17.0 Å². The Hall–Kier alpha value is -3.18. The molecule has 0 bridgehead atoms. The smallest absolute Gasteiger partial charge is 0.338 e. The molecule has 0 fully saturated rings. The van der Waals surface area contributed by atoms with E-state index in [1.54, 1.807) is 11.4 Å². The molecule has 11 heteroatoms. The number of carboxylic acids is 1. The molecular weight excluding hydrogens is 386 g/mol. The number of carboxylic acid groups (broad SMARTS) is 1. The van der Waals surface area contributed by atoms with Gasteiger partial charge in [-0.2, -0.15) is 13.5 Å². The van der Waals surface area contributed by atoms with Gasteiger partial charge < -0.3 is 5.11 Å². The fraction of sp³-hybridized carbons (Fsp3) is 0.235. The summed E-state index contributed by atoms with van der Waals surface area (Å²) in [6.07, 6.45) is 0. The number of hydrogen-bond acceptors (Lipinski definition) is 7. The molecule has 0 saturated carbocycles. The maximum Gasteiger partial charge on any atom is 0.338 e. The molecular formula is C17H17N5O5S. The molecule has 0 unspecified atom stereocenters. The van der Waals surface area contributed by atoms with E-state index in [1.165, 1.54) is 0 Å². The van der Waals surface area contributed by atoms with Crippen LogP contribution in [0.2, 0.25) is 0 Å². The van der Waals surface area contributed by atoms with E-state index in [1.807, 2.05) is 20.8 Å². The van der Waals surface area contributed by atoms with Crippen LogP contribution in [0.15, 0.2) is 33.3 Å². The fourth-order valence-corrected chi connectivity index (χ4v) is 3.17. The van der Waals surface area contributed by atoms with Gasteiger partial charge in [-0.1, -0.05) is 0 Å². The maximum atomic E-state index is 11.5. The Morgan fingerprint density at radius 1 is 1.11 bits per heavy atom. The number of rotatable bonds is 4. The summed E-state index contributed by atoms with van der Waals surface area (Å²) in [6, 6.07) is 3.03. The monoisotopic (exact) mass is 403 g/mol. The van der Waals surface area contributed by atoms with Crippen LogP contribution in [-0.2, 0) is 10.1 Å². The third-order valence-electron chi connectivity index (χ3n) is 4.44. The summed E-state index contributed by atoms with van der Waals surface area (Å²) in [5, 5.41) is 21.8. The second-order valence-electron chi connectivity index (χ2n) is 6.24. The molecule has 0 aliphatic rings. The summed E-state index contributed by atoms with van der Waals surface area (Å²) in [5.41, 5.74) is 3.63. The molecule has 2 heterocycles. The van der Waals surface area contributed by atoms with Crippen molar-refractivity contribution in [3.8, 4) is 0 Å². The lowest BCUT2D eigenvalue weighted by Crippen LogP contribution is -2.02. The SMILES string of the molecule is Cc1nc2c(/N=N/c3ccc(S(=O)(=O)O)cc3C(=O)O)c(C)nn2c(C)c1C. The van der Waals surface area contributed by atoms with Crippen LogP contribution >= 0.6 is 0 Å². The van der Waals surface area contributed by atoms with Crippen LogP contribution in [-0.4, -0.2) is 38.6 Å². The van der Waals surface area contributed by atoms with Crippen LogP contribution in [0.25, 0.3) is 5.65 Å². The van der Waals surface area contributed by atoms with E-state index in [-0.39, 0.29) is 5.69 Å². The summed E-state index contributed by atoms with van der Waals surface area (Å²) in [5.74, 6) is -1.41. The summed E-state index contributed by atoms with van der Waals surface area (Å²) >= 11 is 0. The van der Waals surface area contributed by atoms with Crippen LogP contribution < -0.4 is 0 Å². The number of fused-ring (bicyclic) bond motifs is 1. The van der Waals surface area contributed by atoms with E-state index >= 15 is 0 Å². The second kappa shape index (κ2) is 6.77. The van der Waals surface area contributed by atoms with Gasteiger partial charge in [0, 0.05) is 11.4 Å². The molecule has 0 atom stereocenters. The minimum absolute atomic E-state index is 0.0702. The highest BCUT2D eigenvalue weighted by molar-refractivity contribution is 7.85. The van der Waals surface area contributed by atoms with Crippen LogP contribution in [0.5, 0.6) is 0 Å². The Morgan fingerprint density at radius 2 is 1.79 bits per heavy atom. The number of nitrogens with zero attached hydrogens (tertiary/aromatic N) is 5. The lowest BCUT2D eigenvalue weighted by atomic mass is 10.2. The van der Waals surface area contributed by atoms with Gasteiger partial charge in [0.1, 0.15) is 5.69 Å². The zero-order valence-corrected chi connectivity index (χ0v) is 16.3. The predicted molar refractivity (Wildman–Crippen MR) is 99.3 cm³/mol. The molecule has 0 saturated heterocycles. The van der Waals surface area contributed by atoms with Gasteiger partial charge in [-0.3, -0.25) is 4.55 Å². The van der Waals surface area contributed by atoms with Gasteiger partial charge in [0.15, 0.2) is 11.3 Å². The van der Waals surface area contributed by atoms with Crippen LogP contribution in [0.3, 0.4) is 0 Å². The first-order chi connectivity index (χ1) is 13.0. The lowest BCUT2D eigenvalue weighted by molar-refractivity contribution is 0.0697. The average Bonchev–Trinajstić information content (AvgIpc) is 2.92. The van der Waals surface area contributed by atoms with Crippen molar-refractivity contribution in [3.05, 3.63) is 46.4 Å². The van der Waals surface area contributed by atoms with E-state index in [0.717, 1.165) is 35.2 Å². The third-order valence-corrected chi connectivity index (χ3v) is 5.29. The molecule has 0 spiro atoms. The summed E-state index contributed by atoms with van der Waals surface area (Å²) < 4.78 is 33.2. The predicted octanol–water partition coefficient (Wildman–Crippen LogP) is 3.32. The molecule has 3 rings (SSSR count). The lowest BCUT2D eigenvalue weighted by Gasteiger charge is -2.06. The molecule has 3 aromatic rings. The minimum atomic E-state index is -4.54. The number of azo groups is 1. The van der Waals surface area contributed by atoms with Crippen molar-refractivity contribution in [2.24, 2.45) is 10.2 Å². The maximum absolute atomic E-state index is 11.5. The van der Waals surface area contributed by atoms with Crippen molar-refractivity contribution >= 4 is 33.1 Å². The Labute approximate surface area is 160 Å². The van der Waals surface area contributed by atoms with Crippen LogP contribution in [0.1, 0.15) is 33.0 Å². The molecule has 0 radical (unpaired) electrons. The average molecular weight is 403 g/mol. The number of carbonyl (C=O) groups is 1. The number of aromatic carboxylic acids is 1. The highest BCUT2D eigenvalue weighted by atomic mass is 32.2. The van der Waals surface area contributed by atoms with Crippen molar-refractivity contribution in [1.82, 2.24) is 14.6 Å². The van der Waals surface area contributed by atoms with Gasteiger partial charge >= 0.3 is 5.97 Å². The number of aryl methyl sites for hydroxylation is 3. The normalized spacial score (nSPS) is 12.2. The zero-order chi connectivity index (χ0) is 20.8.